The molecule has 8 nitrogen and oxygen atoms in total. The molecule has 2 atom stereocenters. The zero-order valence-corrected chi connectivity index (χ0v) is 10.7. The number of amides is 1. The van der Waals surface area contributed by atoms with Crippen LogP contribution in [0.3, 0.4) is 0 Å². The molecular formula is C12H15N5O3. The van der Waals surface area contributed by atoms with Crippen LogP contribution in [0, 0.1) is 0 Å². The maximum atomic E-state index is 11.6. The predicted molar refractivity (Wildman–Crippen MR) is 70.3 cm³/mol. The number of hydrogen-bond acceptors (Lipinski definition) is 5. The number of nitrogens with one attached hydrogen (secondary N) is 1. The summed E-state index contributed by atoms with van der Waals surface area (Å²) in [4.78, 5) is 14.2. The number of aliphatic hydroxyl groups excluding tert-OH is 1. The van der Waals surface area contributed by atoms with Crippen molar-refractivity contribution in [3.63, 3.8) is 0 Å². The van der Waals surface area contributed by atoms with Gasteiger partial charge < -0.3 is 9.84 Å². The molecule has 2 rings (SSSR count). The fraction of sp³-hybridized carbons (Fsp3) is 0.417. The van der Waals surface area contributed by atoms with Crippen molar-refractivity contribution >= 4 is 6.09 Å². The van der Waals surface area contributed by atoms with E-state index in [1.165, 1.54) is 5.01 Å². The molecule has 2 N–H and O–H groups in total. The molecule has 0 aliphatic carbocycles. The van der Waals surface area contributed by atoms with E-state index in [9.17, 15) is 9.90 Å². The van der Waals surface area contributed by atoms with Crippen LogP contribution in [0.15, 0.2) is 35.4 Å². The van der Waals surface area contributed by atoms with Crippen LogP contribution in [-0.2, 0) is 11.3 Å². The lowest BCUT2D eigenvalue weighted by Crippen LogP contribution is -2.41. The van der Waals surface area contributed by atoms with E-state index in [0.29, 0.717) is 0 Å². The van der Waals surface area contributed by atoms with E-state index in [4.69, 9.17) is 10.3 Å². The van der Waals surface area contributed by atoms with E-state index in [1.54, 1.807) is 0 Å². The highest BCUT2D eigenvalue weighted by Gasteiger charge is 2.31. The van der Waals surface area contributed by atoms with Gasteiger partial charge >= 0.3 is 6.09 Å². The molecule has 8 heteroatoms. The van der Waals surface area contributed by atoms with Gasteiger partial charge in [-0.1, -0.05) is 35.4 Å². The van der Waals surface area contributed by atoms with Crippen LogP contribution in [0.2, 0.25) is 0 Å². The normalized spacial score (nSPS) is 22.1. The Morgan fingerprint density at radius 2 is 2.25 bits per heavy atom. The Balaban J connectivity index is 1.77. The van der Waals surface area contributed by atoms with Crippen molar-refractivity contribution in [3.05, 3.63) is 46.3 Å². The molecule has 1 aliphatic heterocycles. The largest absolute Gasteiger partial charge is 0.444 e. The fourth-order valence-electron chi connectivity index (χ4n) is 1.93. The Morgan fingerprint density at radius 1 is 1.50 bits per heavy atom. The molecule has 2 unspecified atom stereocenters. The molecule has 1 aromatic rings. The summed E-state index contributed by atoms with van der Waals surface area (Å²) in [6, 6.07) is 8.74. The van der Waals surface area contributed by atoms with Crippen LogP contribution in [0.25, 0.3) is 10.4 Å². The summed E-state index contributed by atoms with van der Waals surface area (Å²) in [5.41, 5.74) is 11.7. The average Bonchev–Trinajstić information content (AvgIpc) is 2.78. The molecule has 1 saturated heterocycles. The molecule has 0 spiro atoms. The van der Waals surface area contributed by atoms with Gasteiger partial charge in [-0.25, -0.2) is 9.80 Å². The molecule has 0 bridgehead atoms. The second-order valence-corrected chi connectivity index (χ2v) is 4.42. The van der Waals surface area contributed by atoms with Gasteiger partial charge in [-0.2, -0.15) is 0 Å². The standard InChI is InChI=1S/C12H15N5O3/c13-16-14-10-6-17(7-11(10)18)15-12(19)20-8-9-4-2-1-3-5-9/h1-5,10-11,18H,6-8H2,(H,15,19). The Bertz CT molecular complexity index is 503. The number of carbonyl (C=O) groups excluding carboxylic acids is 1. The van der Waals surface area contributed by atoms with Gasteiger partial charge in [0.2, 0.25) is 0 Å². The number of azide groups is 1. The number of hydrogen-bond donors (Lipinski definition) is 2. The number of aliphatic hydroxyl groups is 1. The van der Waals surface area contributed by atoms with Crippen molar-refractivity contribution in [1.29, 1.82) is 0 Å². The lowest BCUT2D eigenvalue weighted by Gasteiger charge is -2.16. The number of carbonyl (C=O) groups is 1. The first-order valence-corrected chi connectivity index (χ1v) is 6.13. The first-order valence-electron chi connectivity index (χ1n) is 6.13. The molecule has 0 radical (unpaired) electrons. The Labute approximate surface area is 115 Å². The third kappa shape index (κ3) is 3.86. The lowest BCUT2D eigenvalue weighted by atomic mass is 10.2. The summed E-state index contributed by atoms with van der Waals surface area (Å²) < 4.78 is 5.04. The van der Waals surface area contributed by atoms with Crippen molar-refractivity contribution < 1.29 is 14.6 Å². The zero-order valence-electron chi connectivity index (χ0n) is 10.7. The Morgan fingerprint density at radius 3 is 2.95 bits per heavy atom. The molecule has 1 amide bonds. The molecule has 1 heterocycles. The maximum absolute atomic E-state index is 11.6. The van der Waals surface area contributed by atoms with E-state index in [-0.39, 0.29) is 19.7 Å². The first kappa shape index (κ1) is 14.1. The van der Waals surface area contributed by atoms with Gasteiger partial charge in [0.15, 0.2) is 0 Å². The number of benzene rings is 1. The number of β-amino-alcohol motifs (C(OH)–C–C–N with tert-alkyl or cyclic N) is 1. The van der Waals surface area contributed by atoms with Crippen LogP contribution in [0.1, 0.15) is 5.56 Å². The minimum Gasteiger partial charge on any atom is -0.444 e. The number of nitrogens with zero attached hydrogens (tertiary/aromatic N) is 4. The molecule has 20 heavy (non-hydrogen) atoms. The highest BCUT2D eigenvalue weighted by atomic mass is 16.6. The summed E-state index contributed by atoms with van der Waals surface area (Å²) in [5, 5.41) is 14.5. The molecule has 0 aromatic heterocycles. The number of hydrazine groups is 1. The van der Waals surface area contributed by atoms with Gasteiger partial charge in [-0.15, -0.1) is 0 Å². The smallest absolute Gasteiger partial charge is 0.422 e. The van der Waals surface area contributed by atoms with Crippen LogP contribution >= 0.6 is 0 Å². The summed E-state index contributed by atoms with van der Waals surface area (Å²) >= 11 is 0. The topological polar surface area (TPSA) is 111 Å². The second-order valence-electron chi connectivity index (χ2n) is 4.42. The van der Waals surface area contributed by atoms with Crippen molar-refractivity contribution in [2.75, 3.05) is 13.1 Å². The zero-order chi connectivity index (χ0) is 14.4. The van der Waals surface area contributed by atoms with Crippen molar-refractivity contribution in [2.45, 2.75) is 18.8 Å². The quantitative estimate of drug-likeness (QED) is 0.489. The van der Waals surface area contributed by atoms with Gasteiger partial charge in [0.1, 0.15) is 6.61 Å². The van der Waals surface area contributed by atoms with Crippen molar-refractivity contribution in [3.8, 4) is 0 Å². The third-order valence-corrected chi connectivity index (χ3v) is 2.92. The van der Waals surface area contributed by atoms with E-state index in [0.717, 1.165) is 5.56 Å². The fourth-order valence-corrected chi connectivity index (χ4v) is 1.93. The van der Waals surface area contributed by atoms with Gasteiger partial charge in [0.25, 0.3) is 0 Å². The SMILES string of the molecule is [N-]=[N+]=NC1CN(NC(=O)OCc2ccccc2)CC1O. The van der Waals surface area contributed by atoms with Crippen molar-refractivity contribution in [2.24, 2.45) is 5.11 Å². The van der Waals surface area contributed by atoms with E-state index < -0.39 is 18.2 Å². The molecule has 1 aliphatic rings. The third-order valence-electron chi connectivity index (χ3n) is 2.92. The first-order chi connectivity index (χ1) is 9.69. The molecular weight excluding hydrogens is 262 g/mol. The van der Waals surface area contributed by atoms with Gasteiger partial charge in [0, 0.05) is 18.0 Å². The molecule has 106 valence electrons. The van der Waals surface area contributed by atoms with Gasteiger partial charge in [0.05, 0.1) is 12.1 Å². The van der Waals surface area contributed by atoms with Crippen molar-refractivity contribution in [1.82, 2.24) is 10.4 Å². The minimum absolute atomic E-state index is 0.169. The van der Waals surface area contributed by atoms with Crippen LogP contribution in [-0.4, -0.2) is 41.4 Å². The molecule has 1 aromatic carbocycles. The highest BCUT2D eigenvalue weighted by Crippen LogP contribution is 2.11. The van der Waals surface area contributed by atoms with Crippen LogP contribution < -0.4 is 5.43 Å². The predicted octanol–water partition coefficient (Wildman–Crippen LogP) is 1.18. The van der Waals surface area contributed by atoms with E-state index >= 15 is 0 Å². The molecule has 0 saturated carbocycles. The van der Waals surface area contributed by atoms with Crippen LogP contribution in [0.5, 0.6) is 0 Å². The minimum atomic E-state index is -0.791. The van der Waals surface area contributed by atoms with E-state index in [2.05, 4.69) is 15.5 Å². The average molecular weight is 277 g/mol. The maximum Gasteiger partial charge on any atom is 0.422 e. The highest BCUT2D eigenvalue weighted by molar-refractivity contribution is 5.66. The number of rotatable bonds is 4. The summed E-state index contributed by atoms with van der Waals surface area (Å²) in [6.07, 6.45) is -1.40. The number of ether oxygens (including phenoxy) is 1. The van der Waals surface area contributed by atoms with E-state index in [1.807, 2.05) is 30.3 Å². The Hall–Kier alpha value is -2.28. The van der Waals surface area contributed by atoms with Crippen LogP contribution in [0.4, 0.5) is 4.79 Å². The summed E-state index contributed by atoms with van der Waals surface area (Å²) in [5.74, 6) is 0. The Kier molecular flexibility index (Phi) is 4.78. The lowest BCUT2D eigenvalue weighted by molar-refractivity contribution is 0.101. The second kappa shape index (κ2) is 6.76. The summed E-state index contributed by atoms with van der Waals surface area (Å²) in [7, 11) is 0. The monoisotopic (exact) mass is 277 g/mol. The summed E-state index contributed by atoms with van der Waals surface area (Å²) in [6.45, 7) is 0.624. The molecule has 1 fully saturated rings. The van der Waals surface area contributed by atoms with Gasteiger partial charge in [-0.3, -0.25) is 5.43 Å². The van der Waals surface area contributed by atoms with Gasteiger partial charge in [-0.05, 0) is 11.1 Å².